The van der Waals surface area contributed by atoms with Crippen molar-refractivity contribution in [1.29, 1.82) is 0 Å². The van der Waals surface area contributed by atoms with Gasteiger partial charge in [0.15, 0.2) is 0 Å². The summed E-state index contributed by atoms with van der Waals surface area (Å²) in [6, 6.07) is 5.66. The maximum absolute atomic E-state index is 9.61. The third-order valence-electron chi connectivity index (χ3n) is 4.20. The van der Waals surface area contributed by atoms with Gasteiger partial charge in [0.2, 0.25) is 0 Å². The summed E-state index contributed by atoms with van der Waals surface area (Å²) in [5, 5.41) is 13.2. The molecule has 0 radical (unpaired) electrons. The molecule has 2 aliphatic rings. The molecule has 86 valence electrons. The van der Waals surface area contributed by atoms with Crippen LogP contribution >= 0.6 is 0 Å². The molecule has 2 N–H and O–H groups in total. The second-order valence-corrected chi connectivity index (χ2v) is 5.07. The van der Waals surface area contributed by atoms with Crippen LogP contribution in [0.4, 0.5) is 5.69 Å². The highest BCUT2D eigenvalue weighted by molar-refractivity contribution is 5.64. The molecule has 0 saturated carbocycles. The fraction of sp³-hybridized carbons (Fsp3) is 0.538. The SMILES string of the molecule is CCN1CC[C@@]2(C)c3cc(O)ccc3NC12. The molecule has 3 nitrogen and oxygen atoms in total. The molecular weight excluding hydrogens is 200 g/mol. The Labute approximate surface area is 96.1 Å². The van der Waals surface area contributed by atoms with Gasteiger partial charge in [-0.2, -0.15) is 0 Å². The van der Waals surface area contributed by atoms with Gasteiger partial charge in [-0.15, -0.1) is 0 Å². The minimum Gasteiger partial charge on any atom is -0.508 e. The number of nitrogens with one attached hydrogen (secondary N) is 1. The molecule has 3 heteroatoms. The molecular formula is C13H18N2O. The third kappa shape index (κ3) is 1.12. The van der Waals surface area contributed by atoms with Crippen LogP contribution in [-0.2, 0) is 5.41 Å². The lowest BCUT2D eigenvalue weighted by Crippen LogP contribution is -2.41. The van der Waals surface area contributed by atoms with Crippen molar-refractivity contribution in [3.63, 3.8) is 0 Å². The lowest BCUT2D eigenvalue weighted by molar-refractivity contribution is 0.259. The van der Waals surface area contributed by atoms with Crippen molar-refractivity contribution in [2.75, 3.05) is 18.4 Å². The quantitative estimate of drug-likeness (QED) is 0.709. The highest BCUT2D eigenvalue weighted by Crippen LogP contribution is 2.49. The fourth-order valence-corrected chi connectivity index (χ4v) is 3.20. The number of rotatable bonds is 1. The molecule has 0 bridgehead atoms. The minimum atomic E-state index is 0.157. The van der Waals surface area contributed by atoms with Crippen molar-refractivity contribution in [2.45, 2.75) is 31.8 Å². The summed E-state index contributed by atoms with van der Waals surface area (Å²) in [5.41, 5.74) is 2.61. The summed E-state index contributed by atoms with van der Waals surface area (Å²) in [6.07, 6.45) is 1.56. The van der Waals surface area contributed by atoms with E-state index < -0.39 is 0 Å². The van der Waals surface area contributed by atoms with Crippen molar-refractivity contribution in [3.8, 4) is 5.75 Å². The Balaban J connectivity index is 2.07. The Morgan fingerprint density at radius 2 is 2.38 bits per heavy atom. The van der Waals surface area contributed by atoms with Gasteiger partial charge in [-0.1, -0.05) is 13.8 Å². The predicted octanol–water partition coefficient (Wildman–Crippen LogP) is 2.13. The van der Waals surface area contributed by atoms with Crippen LogP contribution in [-0.4, -0.2) is 29.3 Å². The lowest BCUT2D eigenvalue weighted by Gasteiger charge is -2.28. The standard InChI is InChI=1S/C13H18N2O/c1-3-15-7-6-13(2)10-8-9(16)4-5-11(10)14-12(13)15/h4-5,8,12,14,16H,3,6-7H2,1-2H3/t12?,13-/m0/s1. The first-order valence-electron chi connectivity index (χ1n) is 5.99. The van der Waals surface area contributed by atoms with Crippen LogP contribution in [0, 0.1) is 0 Å². The second-order valence-electron chi connectivity index (χ2n) is 5.07. The topological polar surface area (TPSA) is 35.5 Å². The monoisotopic (exact) mass is 218 g/mol. The van der Waals surface area contributed by atoms with Gasteiger partial charge >= 0.3 is 0 Å². The first kappa shape index (κ1) is 9.97. The molecule has 1 aromatic carbocycles. The van der Waals surface area contributed by atoms with Gasteiger partial charge in [-0.05, 0) is 36.7 Å². The molecule has 0 spiro atoms. The number of anilines is 1. The van der Waals surface area contributed by atoms with E-state index >= 15 is 0 Å². The number of benzene rings is 1. The van der Waals surface area contributed by atoms with Crippen LogP contribution in [0.1, 0.15) is 25.8 Å². The summed E-state index contributed by atoms with van der Waals surface area (Å²) in [6.45, 7) is 6.71. The minimum absolute atomic E-state index is 0.157. The number of hydrogen-bond acceptors (Lipinski definition) is 3. The normalized spacial score (nSPS) is 32.2. The van der Waals surface area contributed by atoms with E-state index in [9.17, 15) is 5.11 Å². The molecule has 16 heavy (non-hydrogen) atoms. The summed E-state index contributed by atoms with van der Waals surface area (Å²) < 4.78 is 0. The van der Waals surface area contributed by atoms with Crippen molar-refractivity contribution < 1.29 is 5.11 Å². The van der Waals surface area contributed by atoms with E-state index in [1.807, 2.05) is 12.1 Å². The predicted molar refractivity (Wildman–Crippen MR) is 64.7 cm³/mol. The molecule has 2 atom stereocenters. The zero-order valence-electron chi connectivity index (χ0n) is 9.83. The number of likely N-dealkylation sites (tertiary alicyclic amines) is 1. The van der Waals surface area contributed by atoms with Crippen molar-refractivity contribution in [2.24, 2.45) is 0 Å². The summed E-state index contributed by atoms with van der Waals surface area (Å²) in [4.78, 5) is 2.47. The Morgan fingerprint density at radius 1 is 1.56 bits per heavy atom. The largest absolute Gasteiger partial charge is 0.508 e. The molecule has 1 aromatic rings. The first-order valence-corrected chi connectivity index (χ1v) is 5.99. The molecule has 3 rings (SSSR count). The Kier molecular flexibility index (Phi) is 1.96. The number of likely N-dealkylation sites (N-methyl/N-ethyl adjacent to an activating group) is 1. The van der Waals surface area contributed by atoms with Crippen LogP contribution < -0.4 is 5.32 Å². The second kappa shape index (κ2) is 3.14. The highest BCUT2D eigenvalue weighted by Gasteiger charge is 2.49. The van der Waals surface area contributed by atoms with Crippen LogP contribution in [0.2, 0.25) is 0 Å². The van der Waals surface area contributed by atoms with Crippen molar-refractivity contribution in [1.82, 2.24) is 4.90 Å². The zero-order valence-corrected chi connectivity index (χ0v) is 9.83. The van der Waals surface area contributed by atoms with E-state index in [4.69, 9.17) is 0 Å². The van der Waals surface area contributed by atoms with Gasteiger partial charge in [-0.25, -0.2) is 0 Å². The number of aromatic hydroxyl groups is 1. The maximum atomic E-state index is 9.61. The smallest absolute Gasteiger partial charge is 0.116 e. The molecule has 0 aromatic heterocycles. The van der Waals surface area contributed by atoms with Gasteiger partial charge in [0, 0.05) is 17.6 Å². The van der Waals surface area contributed by atoms with E-state index in [0.717, 1.165) is 19.5 Å². The number of hydrogen-bond donors (Lipinski definition) is 2. The Hall–Kier alpha value is -1.22. The van der Waals surface area contributed by atoms with Crippen LogP contribution in [0.15, 0.2) is 18.2 Å². The average Bonchev–Trinajstić information content (AvgIpc) is 2.72. The van der Waals surface area contributed by atoms with Gasteiger partial charge in [-0.3, -0.25) is 4.90 Å². The van der Waals surface area contributed by atoms with E-state index in [2.05, 4.69) is 24.1 Å². The van der Waals surface area contributed by atoms with E-state index in [1.54, 1.807) is 6.07 Å². The number of phenols is 1. The molecule has 1 unspecified atom stereocenters. The Bertz CT molecular complexity index is 432. The van der Waals surface area contributed by atoms with Crippen LogP contribution in [0.5, 0.6) is 5.75 Å². The molecule has 1 fully saturated rings. The van der Waals surface area contributed by atoms with Gasteiger partial charge in [0.1, 0.15) is 5.75 Å². The highest BCUT2D eigenvalue weighted by atomic mass is 16.3. The van der Waals surface area contributed by atoms with Crippen LogP contribution in [0.25, 0.3) is 0 Å². The van der Waals surface area contributed by atoms with E-state index in [-0.39, 0.29) is 5.41 Å². The number of nitrogens with zero attached hydrogens (tertiary/aromatic N) is 1. The van der Waals surface area contributed by atoms with Crippen molar-refractivity contribution >= 4 is 5.69 Å². The number of phenolic OH excluding ortho intramolecular Hbond substituents is 1. The van der Waals surface area contributed by atoms with Crippen LogP contribution in [0.3, 0.4) is 0 Å². The van der Waals surface area contributed by atoms with Gasteiger partial charge in [0.25, 0.3) is 0 Å². The lowest BCUT2D eigenvalue weighted by atomic mass is 9.81. The zero-order chi connectivity index (χ0) is 11.3. The molecule has 2 aliphatic heterocycles. The van der Waals surface area contributed by atoms with Gasteiger partial charge < -0.3 is 10.4 Å². The average molecular weight is 218 g/mol. The summed E-state index contributed by atoms with van der Waals surface area (Å²) >= 11 is 0. The molecule has 0 aliphatic carbocycles. The number of fused-ring (bicyclic) bond motifs is 3. The summed E-state index contributed by atoms with van der Waals surface area (Å²) in [7, 11) is 0. The van der Waals surface area contributed by atoms with Crippen molar-refractivity contribution in [3.05, 3.63) is 23.8 Å². The van der Waals surface area contributed by atoms with E-state index in [0.29, 0.717) is 11.9 Å². The third-order valence-corrected chi connectivity index (χ3v) is 4.20. The maximum Gasteiger partial charge on any atom is 0.116 e. The van der Waals surface area contributed by atoms with Gasteiger partial charge in [0.05, 0.1) is 6.17 Å². The Morgan fingerprint density at radius 3 is 3.12 bits per heavy atom. The molecule has 1 saturated heterocycles. The molecule has 2 heterocycles. The first-order chi connectivity index (χ1) is 7.65. The fourth-order valence-electron chi connectivity index (χ4n) is 3.20. The summed E-state index contributed by atoms with van der Waals surface area (Å²) in [5.74, 6) is 0.373. The molecule has 0 amide bonds. The van der Waals surface area contributed by atoms with E-state index in [1.165, 1.54) is 11.3 Å².